The molecule has 6 nitrogen and oxygen atoms in total. The van der Waals surface area contributed by atoms with E-state index in [1.165, 1.54) is 4.88 Å². The predicted octanol–water partition coefficient (Wildman–Crippen LogP) is 1.11. The summed E-state index contributed by atoms with van der Waals surface area (Å²) in [5.74, 6) is 0. The third-order valence-electron chi connectivity index (χ3n) is 3.68. The van der Waals surface area contributed by atoms with Gasteiger partial charge < -0.3 is 5.32 Å². The first-order valence-corrected chi connectivity index (χ1v) is 9.67. The summed E-state index contributed by atoms with van der Waals surface area (Å²) < 4.78 is 29.3. The molecule has 0 amide bonds. The molecule has 1 atom stereocenters. The molecule has 0 saturated carbocycles. The first kappa shape index (κ1) is 16.8. The van der Waals surface area contributed by atoms with E-state index in [0.717, 1.165) is 30.7 Å². The van der Waals surface area contributed by atoms with Crippen LogP contribution in [0.2, 0.25) is 0 Å². The van der Waals surface area contributed by atoms with Gasteiger partial charge in [0.2, 0.25) is 0 Å². The molecule has 2 rings (SSSR count). The standard InChI is InChI=1S/C13H24N4O2S2/c1-3-12-9-15-13(20-12)10-16-21(18,19)17-7-5-4-6-11(17)8-14-2/h9,11,14,16H,3-8,10H2,1-2H3. The van der Waals surface area contributed by atoms with E-state index in [9.17, 15) is 8.42 Å². The maximum atomic E-state index is 12.5. The van der Waals surface area contributed by atoms with Crippen molar-refractivity contribution in [3.05, 3.63) is 16.1 Å². The number of piperidine rings is 1. The number of likely N-dealkylation sites (N-methyl/N-ethyl adjacent to an activating group) is 1. The van der Waals surface area contributed by atoms with Crippen LogP contribution in [0, 0.1) is 0 Å². The van der Waals surface area contributed by atoms with Gasteiger partial charge in [-0.25, -0.2) is 4.98 Å². The van der Waals surface area contributed by atoms with Gasteiger partial charge in [0.15, 0.2) is 0 Å². The Hall–Kier alpha value is -0.540. The van der Waals surface area contributed by atoms with Crippen molar-refractivity contribution in [2.24, 2.45) is 0 Å². The van der Waals surface area contributed by atoms with E-state index in [4.69, 9.17) is 0 Å². The van der Waals surface area contributed by atoms with Crippen molar-refractivity contribution >= 4 is 21.5 Å². The normalized spacial score (nSPS) is 20.8. The molecule has 1 aromatic rings. The molecular weight excluding hydrogens is 308 g/mol. The molecule has 2 N–H and O–H groups in total. The second-order valence-corrected chi connectivity index (χ2v) is 8.13. The Labute approximate surface area is 131 Å². The Morgan fingerprint density at radius 2 is 2.29 bits per heavy atom. The smallest absolute Gasteiger partial charge is 0.280 e. The number of thiazole rings is 1. The summed E-state index contributed by atoms with van der Waals surface area (Å²) in [6, 6.07) is 0.0451. The zero-order valence-electron chi connectivity index (χ0n) is 12.6. The van der Waals surface area contributed by atoms with Crippen molar-refractivity contribution in [3.8, 4) is 0 Å². The van der Waals surface area contributed by atoms with Crippen LogP contribution in [0.25, 0.3) is 0 Å². The van der Waals surface area contributed by atoms with Crippen LogP contribution in [0.3, 0.4) is 0 Å². The van der Waals surface area contributed by atoms with Crippen LogP contribution in [-0.4, -0.2) is 43.9 Å². The second kappa shape index (κ2) is 7.64. The SMILES string of the molecule is CCc1cnc(CNS(=O)(=O)N2CCCCC2CNC)s1. The van der Waals surface area contributed by atoms with Gasteiger partial charge in [0.25, 0.3) is 10.2 Å². The van der Waals surface area contributed by atoms with Crippen molar-refractivity contribution in [1.82, 2.24) is 19.3 Å². The maximum absolute atomic E-state index is 12.5. The minimum Gasteiger partial charge on any atom is -0.318 e. The van der Waals surface area contributed by atoms with Crippen LogP contribution in [0.1, 0.15) is 36.1 Å². The summed E-state index contributed by atoms with van der Waals surface area (Å²) >= 11 is 1.56. The van der Waals surface area contributed by atoms with Crippen molar-refractivity contribution in [2.75, 3.05) is 20.1 Å². The van der Waals surface area contributed by atoms with E-state index in [-0.39, 0.29) is 12.6 Å². The van der Waals surface area contributed by atoms with E-state index in [1.807, 2.05) is 13.2 Å². The molecule has 1 aliphatic rings. The van der Waals surface area contributed by atoms with E-state index < -0.39 is 10.2 Å². The van der Waals surface area contributed by atoms with Crippen LogP contribution in [0.4, 0.5) is 0 Å². The minimum absolute atomic E-state index is 0.0451. The number of nitrogens with one attached hydrogen (secondary N) is 2. The van der Waals surface area contributed by atoms with Gasteiger partial charge in [-0.1, -0.05) is 13.3 Å². The molecule has 1 aliphatic heterocycles. The molecule has 8 heteroatoms. The van der Waals surface area contributed by atoms with Gasteiger partial charge in [-0.15, -0.1) is 11.3 Å². The number of aromatic nitrogens is 1. The largest absolute Gasteiger partial charge is 0.318 e. The summed E-state index contributed by atoms with van der Waals surface area (Å²) in [5.41, 5.74) is 0. The van der Waals surface area contributed by atoms with Gasteiger partial charge in [0, 0.05) is 30.2 Å². The Balaban J connectivity index is 1.99. The van der Waals surface area contributed by atoms with Gasteiger partial charge in [-0.05, 0) is 26.3 Å². The van der Waals surface area contributed by atoms with Crippen LogP contribution in [0.15, 0.2) is 6.20 Å². The third kappa shape index (κ3) is 4.46. The lowest BCUT2D eigenvalue weighted by Gasteiger charge is -2.34. The van der Waals surface area contributed by atoms with Crippen molar-refractivity contribution in [1.29, 1.82) is 0 Å². The molecule has 1 aromatic heterocycles. The first-order valence-electron chi connectivity index (χ1n) is 7.41. The molecule has 1 fully saturated rings. The summed E-state index contributed by atoms with van der Waals surface area (Å²) in [4.78, 5) is 5.43. The number of aryl methyl sites for hydroxylation is 1. The van der Waals surface area contributed by atoms with Gasteiger partial charge in [0.05, 0.1) is 6.54 Å². The van der Waals surface area contributed by atoms with E-state index in [0.29, 0.717) is 13.1 Å². The number of hydrogen-bond acceptors (Lipinski definition) is 5. The molecule has 0 spiro atoms. The van der Waals surface area contributed by atoms with Crippen molar-refractivity contribution in [3.63, 3.8) is 0 Å². The van der Waals surface area contributed by atoms with Gasteiger partial charge in [-0.3, -0.25) is 0 Å². The first-order chi connectivity index (χ1) is 10.1. The van der Waals surface area contributed by atoms with Crippen LogP contribution in [0.5, 0.6) is 0 Å². The molecule has 1 saturated heterocycles. The Morgan fingerprint density at radius 3 is 2.95 bits per heavy atom. The molecule has 1 unspecified atom stereocenters. The quantitative estimate of drug-likeness (QED) is 0.784. The van der Waals surface area contributed by atoms with Crippen molar-refractivity contribution < 1.29 is 8.42 Å². The maximum Gasteiger partial charge on any atom is 0.280 e. The van der Waals surface area contributed by atoms with E-state index >= 15 is 0 Å². The Morgan fingerprint density at radius 1 is 1.48 bits per heavy atom. The fraction of sp³-hybridized carbons (Fsp3) is 0.769. The molecule has 0 aliphatic carbocycles. The molecule has 0 bridgehead atoms. The summed E-state index contributed by atoms with van der Waals surface area (Å²) in [5, 5.41) is 3.90. The van der Waals surface area contributed by atoms with E-state index in [2.05, 4.69) is 21.9 Å². The predicted molar refractivity (Wildman–Crippen MR) is 85.5 cm³/mol. The molecule has 120 valence electrons. The van der Waals surface area contributed by atoms with Crippen LogP contribution in [-0.2, 0) is 23.2 Å². The fourth-order valence-corrected chi connectivity index (χ4v) is 4.88. The van der Waals surface area contributed by atoms with Gasteiger partial charge in [-0.2, -0.15) is 17.4 Å². The van der Waals surface area contributed by atoms with E-state index in [1.54, 1.807) is 15.6 Å². The monoisotopic (exact) mass is 332 g/mol. The fourth-order valence-electron chi connectivity index (χ4n) is 2.56. The molecule has 0 aromatic carbocycles. The summed E-state index contributed by atoms with van der Waals surface area (Å²) in [6.07, 6.45) is 5.68. The van der Waals surface area contributed by atoms with Crippen LogP contribution < -0.4 is 10.0 Å². The summed E-state index contributed by atoms with van der Waals surface area (Å²) in [7, 11) is -1.58. The number of rotatable bonds is 7. The zero-order valence-corrected chi connectivity index (χ0v) is 14.3. The molecule has 0 radical (unpaired) electrons. The zero-order chi connectivity index (χ0) is 15.3. The minimum atomic E-state index is -3.44. The highest BCUT2D eigenvalue weighted by Crippen LogP contribution is 2.20. The van der Waals surface area contributed by atoms with Gasteiger partial charge >= 0.3 is 0 Å². The molecular formula is C13H24N4O2S2. The lowest BCUT2D eigenvalue weighted by molar-refractivity contribution is 0.246. The average Bonchev–Trinajstić information content (AvgIpc) is 2.94. The highest BCUT2D eigenvalue weighted by atomic mass is 32.2. The highest BCUT2D eigenvalue weighted by molar-refractivity contribution is 7.87. The lowest BCUT2D eigenvalue weighted by atomic mass is 10.1. The number of hydrogen-bond donors (Lipinski definition) is 2. The molecule has 21 heavy (non-hydrogen) atoms. The van der Waals surface area contributed by atoms with Gasteiger partial charge in [0.1, 0.15) is 5.01 Å². The lowest BCUT2D eigenvalue weighted by Crippen LogP contribution is -2.51. The Kier molecular flexibility index (Phi) is 6.12. The topological polar surface area (TPSA) is 74.3 Å². The van der Waals surface area contributed by atoms with Crippen molar-refractivity contribution in [2.45, 2.75) is 45.2 Å². The molecule has 2 heterocycles. The summed E-state index contributed by atoms with van der Waals surface area (Å²) in [6.45, 7) is 3.63. The Bertz CT molecular complexity index is 542. The third-order valence-corrected chi connectivity index (χ3v) is 6.43. The van der Waals surface area contributed by atoms with Crippen LogP contribution >= 0.6 is 11.3 Å². The second-order valence-electron chi connectivity index (χ2n) is 5.22. The average molecular weight is 332 g/mol. The number of nitrogens with zero attached hydrogens (tertiary/aromatic N) is 2. The highest BCUT2D eigenvalue weighted by Gasteiger charge is 2.31.